The Morgan fingerprint density at radius 2 is 2.36 bits per heavy atom. The van der Waals surface area contributed by atoms with E-state index >= 15 is 0 Å². The van der Waals surface area contributed by atoms with E-state index in [4.69, 9.17) is 5.11 Å². The summed E-state index contributed by atoms with van der Waals surface area (Å²) in [6.45, 7) is 0.0713. The van der Waals surface area contributed by atoms with Gasteiger partial charge < -0.3 is 9.84 Å². The molecule has 0 fully saturated rings. The first-order chi connectivity index (χ1) is 6.68. The Labute approximate surface area is 90.1 Å². The molecule has 0 radical (unpaired) electrons. The summed E-state index contributed by atoms with van der Waals surface area (Å²) in [6, 6.07) is 7.67. The number of carbonyl (C=O) groups is 1. The smallest absolute Gasteiger partial charge is 0.450 e. The molecule has 14 heavy (non-hydrogen) atoms. The van der Waals surface area contributed by atoms with Gasteiger partial charge in [0.2, 0.25) is 0 Å². The maximum absolute atomic E-state index is 10.0. The summed E-state index contributed by atoms with van der Waals surface area (Å²) in [4.78, 5) is 10.0. The van der Waals surface area contributed by atoms with Crippen LogP contribution < -0.4 is 0 Å². The minimum Gasteiger partial charge on any atom is -0.450 e. The fourth-order valence-corrected chi connectivity index (χ4v) is 1.33. The highest BCUT2D eigenvalue weighted by molar-refractivity contribution is 9.10. The molecule has 74 valence electrons. The molecule has 1 aromatic rings. The molecule has 0 bridgehead atoms. The summed E-state index contributed by atoms with van der Waals surface area (Å²) in [5.41, 5.74) is 0.994. The van der Waals surface area contributed by atoms with Gasteiger partial charge in [0.15, 0.2) is 0 Å². The number of carboxylic acid groups (broad SMARTS) is 1. The van der Waals surface area contributed by atoms with Crippen LogP contribution in [0.3, 0.4) is 0 Å². The fourth-order valence-electron chi connectivity index (χ4n) is 0.914. The van der Waals surface area contributed by atoms with Crippen LogP contribution in [0.2, 0.25) is 0 Å². The van der Waals surface area contributed by atoms with Crippen molar-refractivity contribution in [3.05, 3.63) is 40.4 Å². The van der Waals surface area contributed by atoms with Gasteiger partial charge in [-0.15, -0.1) is 0 Å². The van der Waals surface area contributed by atoms with E-state index in [1.807, 2.05) is 24.3 Å². The molecule has 0 heterocycles. The van der Waals surface area contributed by atoms with Gasteiger partial charge in [-0.05, 0) is 23.8 Å². The number of hydrogen-bond acceptors (Lipinski definition) is 2. The number of rotatable bonds is 3. The molecule has 3 nitrogen and oxygen atoms in total. The standard InChI is InChI=1S/C10H9BrO3/c11-9-5-1-3-8(7-9)4-2-6-14-10(12)13/h1-5,7H,6H2,(H,12,13). The van der Waals surface area contributed by atoms with Gasteiger partial charge in [0, 0.05) is 4.47 Å². The quantitative estimate of drug-likeness (QED) is 0.846. The van der Waals surface area contributed by atoms with Gasteiger partial charge in [-0.1, -0.05) is 34.1 Å². The summed E-state index contributed by atoms with van der Waals surface area (Å²) in [7, 11) is 0. The van der Waals surface area contributed by atoms with Gasteiger partial charge in [-0.3, -0.25) is 0 Å². The van der Waals surface area contributed by atoms with Gasteiger partial charge in [0.1, 0.15) is 6.61 Å². The van der Waals surface area contributed by atoms with E-state index in [1.54, 1.807) is 12.2 Å². The lowest BCUT2D eigenvalue weighted by molar-refractivity contribution is 0.102. The second-order valence-electron chi connectivity index (χ2n) is 2.53. The third-order valence-corrected chi connectivity index (χ3v) is 1.96. The maximum atomic E-state index is 10.0. The first kappa shape index (κ1) is 10.8. The third kappa shape index (κ3) is 4.09. The molecule has 0 saturated heterocycles. The van der Waals surface area contributed by atoms with Crippen molar-refractivity contribution in [3.63, 3.8) is 0 Å². The molecule has 0 aromatic heterocycles. The zero-order chi connectivity index (χ0) is 10.4. The van der Waals surface area contributed by atoms with Crippen molar-refractivity contribution in [3.8, 4) is 0 Å². The SMILES string of the molecule is O=C(O)OCC=Cc1cccc(Br)c1. The first-order valence-electron chi connectivity index (χ1n) is 3.96. The van der Waals surface area contributed by atoms with Crippen LogP contribution in [0.1, 0.15) is 5.56 Å². The molecular weight excluding hydrogens is 248 g/mol. The summed E-state index contributed by atoms with van der Waals surface area (Å²) in [5, 5.41) is 8.19. The average Bonchev–Trinajstić information content (AvgIpc) is 2.12. The van der Waals surface area contributed by atoms with E-state index in [1.165, 1.54) is 0 Å². The highest BCUT2D eigenvalue weighted by Crippen LogP contribution is 2.12. The molecule has 0 unspecified atom stereocenters. The molecule has 1 rings (SSSR count). The fraction of sp³-hybridized carbons (Fsp3) is 0.100. The van der Waals surface area contributed by atoms with E-state index in [0.717, 1.165) is 10.0 Å². The highest BCUT2D eigenvalue weighted by atomic mass is 79.9. The molecule has 0 aliphatic rings. The van der Waals surface area contributed by atoms with E-state index in [2.05, 4.69) is 20.7 Å². The van der Waals surface area contributed by atoms with Crippen LogP contribution >= 0.6 is 15.9 Å². The van der Waals surface area contributed by atoms with E-state index in [9.17, 15) is 4.79 Å². The van der Waals surface area contributed by atoms with Gasteiger partial charge >= 0.3 is 6.16 Å². The molecule has 1 N–H and O–H groups in total. The van der Waals surface area contributed by atoms with Crippen molar-refractivity contribution in [1.82, 2.24) is 0 Å². The Kier molecular flexibility index (Phi) is 4.19. The summed E-state index contributed by atoms with van der Waals surface area (Å²) < 4.78 is 5.30. The van der Waals surface area contributed by atoms with Crippen LogP contribution in [0.5, 0.6) is 0 Å². The Bertz CT molecular complexity index is 347. The van der Waals surface area contributed by atoms with Gasteiger partial charge in [-0.2, -0.15) is 0 Å². The van der Waals surface area contributed by atoms with E-state index in [-0.39, 0.29) is 6.61 Å². The monoisotopic (exact) mass is 256 g/mol. The number of hydrogen-bond donors (Lipinski definition) is 1. The van der Waals surface area contributed by atoms with Crippen molar-refractivity contribution in [1.29, 1.82) is 0 Å². The molecule has 0 atom stereocenters. The molecule has 4 heteroatoms. The Hall–Kier alpha value is -1.29. The molecular formula is C10H9BrO3. The highest BCUT2D eigenvalue weighted by Gasteiger charge is 1.91. The topological polar surface area (TPSA) is 46.5 Å². The van der Waals surface area contributed by atoms with E-state index < -0.39 is 6.16 Å². The zero-order valence-electron chi connectivity index (χ0n) is 7.31. The maximum Gasteiger partial charge on any atom is 0.506 e. The van der Waals surface area contributed by atoms with Gasteiger partial charge in [-0.25, -0.2) is 4.79 Å². The molecule has 0 saturated carbocycles. The zero-order valence-corrected chi connectivity index (χ0v) is 8.90. The Balaban J connectivity index is 2.47. The van der Waals surface area contributed by atoms with Crippen LogP contribution in [0.4, 0.5) is 4.79 Å². The van der Waals surface area contributed by atoms with Crippen LogP contribution in [-0.4, -0.2) is 17.9 Å². The normalized spacial score (nSPS) is 10.4. The minimum absolute atomic E-state index is 0.0713. The Morgan fingerprint density at radius 3 is 3.00 bits per heavy atom. The van der Waals surface area contributed by atoms with Crippen molar-refractivity contribution in [2.24, 2.45) is 0 Å². The summed E-state index contributed by atoms with van der Waals surface area (Å²) in [6.07, 6.45) is 2.19. The number of benzene rings is 1. The van der Waals surface area contributed by atoms with Gasteiger partial charge in [0.05, 0.1) is 0 Å². The second-order valence-corrected chi connectivity index (χ2v) is 3.45. The average molecular weight is 257 g/mol. The predicted octanol–water partition coefficient (Wildman–Crippen LogP) is 3.16. The van der Waals surface area contributed by atoms with Crippen LogP contribution in [0.15, 0.2) is 34.8 Å². The van der Waals surface area contributed by atoms with Crippen LogP contribution in [0, 0.1) is 0 Å². The van der Waals surface area contributed by atoms with E-state index in [0.29, 0.717) is 0 Å². The lowest BCUT2D eigenvalue weighted by atomic mass is 10.2. The molecule has 0 amide bonds. The molecule has 1 aromatic carbocycles. The number of halogens is 1. The Morgan fingerprint density at radius 1 is 1.57 bits per heavy atom. The van der Waals surface area contributed by atoms with Crippen molar-refractivity contribution in [2.75, 3.05) is 6.61 Å². The van der Waals surface area contributed by atoms with Crippen molar-refractivity contribution in [2.45, 2.75) is 0 Å². The molecule has 0 spiro atoms. The summed E-state index contributed by atoms with van der Waals surface area (Å²) in [5.74, 6) is 0. The molecule has 0 aliphatic heterocycles. The third-order valence-electron chi connectivity index (χ3n) is 1.46. The van der Waals surface area contributed by atoms with Crippen LogP contribution in [-0.2, 0) is 4.74 Å². The number of ether oxygens (including phenoxy) is 1. The lowest BCUT2D eigenvalue weighted by Crippen LogP contribution is -1.98. The van der Waals surface area contributed by atoms with Crippen LogP contribution in [0.25, 0.3) is 6.08 Å². The van der Waals surface area contributed by atoms with Gasteiger partial charge in [0.25, 0.3) is 0 Å². The van der Waals surface area contributed by atoms with Crippen molar-refractivity contribution < 1.29 is 14.6 Å². The largest absolute Gasteiger partial charge is 0.506 e. The van der Waals surface area contributed by atoms with Crippen molar-refractivity contribution >= 4 is 28.2 Å². The predicted molar refractivity (Wildman–Crippen MR) is 57.2 cm³/mol. The lowest BCUT2D eigenvalue weighted by Gasteiger charge is -1.95. The minimum atomic E-state index is -1.26. The molecule has 0 aliphatic carbocycles. The summed E-state index contributed by atoms with van der Waals surface area (Å²) >= 11 is 3.34. The first-order valence-corrected chi connectivity index (χ1v) is 4.75. The second kappa shape index (κ2) is 5.44.